The Hall–Kier alpha value is -2.77. The minimum absolute atomic E-state index is 0.0169. The summed E-state index contributed by atoms with van der Waals surface area (Å²) in [6.07, 6.45) is 12.4. The molecule has 4 bridgehead atoms. The summed E-state index contributed by atoms with van der Waals surface area (Å²) in [5.74, 6) is 2.71. The zero-order valence-electron chi connectivity index (χ0n) is 17.1. The van der Waals surface area contributed by atoms with Crippen LogP contribution in [0.3, 0.4) is 0 Å². The average Bonchev–Trinajstić information content (AvgIpc) is 3.38. The minimum atomic E-state index is 0.0169. The quantitative estimate of drug-likeness (QED) is 0.681. The summed E-state index contributed by atoms with van der Waals surface area (Å²) in [7, 11) is 0. The summed E-state index contributed by atoms with van der Waals surface area (Å²) in [6.45, 7) is 1.47. The normalized spacial score (nSPS) is 29.5. The van der Waals surface area contributed by atoms with Gasteiger partial charge in [-0.3, -0.25) is 4.79 Å². The van der Waals surface area contributed by atoms with Crippen molar-refractivity contribution >= 4 is 11.4 Å². The molecular formula is C22H27N7O. The van der Waals surface area contributed by atoms with E-state index in [2.05, 4.69) is 25.9 Å². The molecule has 0 spiro atoms. The highest BCUT2D eigenvalue weighted by Gasteiger charge is 2.50. The molecule has 7 rings (SSSR count). The van der Waals surface area contributed by atoms with Crippen molar-refractivity contribution in [1.29, 1.82) is 0 Å². The van der Waals surface area contributed by atoms with Crippen LogP contribution in [-0.2, 0) is 13.0 Å². The molecule has 1 amide bonds. The molecule has 0 radical (unpaired) electrons. The number of hydrogen-bond donors (Lipinski definition) is 1. The zero-order valence-corrected chi connectivity index (χ0v) is 17.1. The Morgan fingerprint density at radius 2 is 1.93 bits per heavy atom. The number of hydrogen-bond acceptors (Lipinski definition) is 5. The molecule has 1 N–H and O–H groups in total. The van der Waals surface area contributed by atoms with Crippen molar-refractivity contribution < 1.29 is 4.79 Å². The summed E-state index contributed by atoms with van der Waals surface area (Å²) in [5, 5.41) is 19.1. The minimum Gasteiger partial charge on any atom is -0.351 e. The maximum Gasteiger partial charge on any atom is 0.253 e. The van der Waals surface area contributed by atoms with Gasteiger partial charge in [0, 0.05) is 19.2 Å². The Morgan fingerprint density at radius 1 is 1.17 bits per heavy atom. The topological polar surface area (TPSA) is 90.0 Å². The van der Waals surface area contributed by atoms with Crippen molar-refractivity contribution in [3.8, 4) is 0 Å². The molecule has 0 aliphatic heterocycles. The van der Waals surface area contributed by atoms with Gasteiger partial charge in [0.05, 0.1) is 23.3 Å². The first-order chi connectivity index (χ1) is 14.7. The lowest BCUT2D eigenvalue weighted by atomic mass is 9.49. The largest absolute Gasteiger partial charge is 0.351 e. The molecule has 4 aliphatic rings. The first-order valence-electron chi connectivity index (χ1n) is 11.1. The molecule has 0 unspecified atom stereocenters. The van der Waals surface area contributed by atoms with Gasteiger partial charge in [0.1, 0.15) is 6.33 Å². The number of amides is 1. The van der Waals surface area contributed by atoms with Crippen LogP contribution in [0.25, 0.3) is 5.52 Å². The van der Waals surface area contributed by atoms with E-state index >= 15 is 0 Å². The summed E-state index contributed by atoms with van der Waals surface area (Å²) in [4.78, 5) is 13.1. The fraction of sp³-hybridized carbons (Fsp3) is 0.591. The third kappa shape index (κ3) is 3.18. The van der Waals surface area contributed by atoms with Crippen molar-refractivity contribution in [3.63, 3.8) is 0 Å². The zero-order chi connectivity index (χ0) is 20.1. The first-order valence-corrected chi connectivity index (χ1v) is 11.1. The number of carbonyl (C=O) groups is 1. The summed E-state index contributed by atoms with van der Waals surface area (Å²) in [6, 6.07) is 5.80. The second-order valence-corrected chi connectivity index (χ2v) is 9.81. The maximum absolute atomic E-state index is 13.1. The Labute approximate surface area is 175 Å². The van der Waals surface area contributed by atoms with Crippen LogP contribution in [0, 0.1) is 23.2 Å². The SMILES string of the molecule is O=C(NCC12CC3CC(CC(C3)C1)C2)c1cccn2nc(CCn3cnnn3)cc12. The van der Waals surface area contributed by atoms with Crippen LogP contribution < -0.4 is 5.32 Å². The van der Waals surface area contributed by atoms with Gasteiger partial charge in [-0.1, -0.05) is 0 Å². The van der Waals surface area contributed by atoms with Crippen LogP contribution in [-0.4, -0.2) is 42.3 Å². The second kappa shape index (κ2) is 6.89. The number of tetrazole rings is 1. The van der Waals surface area contributed by atoms with Crippen LogP contribution in [0.4, 0.5) is 0 Å². The third-order valence-corrected chi connectivity index (χ3v) is 7.57. The Kier molecular flexibility index (Phi) is 4.14. The fourth-order valence-electron chi connectivity index (χ4n) is 6.76. The van der Waals surface area contributed by atoms with E-state index in [1.807, 2.05) is 24.4 Å². The standard InChI is InChI=1S/C22H27N7O/c30-21(23-13-22-10-15-6-16(11-22)8-17(7-15)12-22)19-2-1-4-29-20(19)9-18(25-29)3-5-28-14-24-26-27-28/h1-2,4,9,14-17H,3,5-8,10-13H2,(H,23,30). The highest BCUT2D eigenvalue weighted by molar-refractivity contribution is 6.00. The van der Waals surface area contributed by atoms with E-state index in [4.69, 9.17) is 0 Å². The van der Waals surface area contributed by atoms with Crippen molar-refractivity contribution in [3.05, 3.63) is 42.0 Å². The summed E-state index contributed by atoms with van der Waals surface area (Å²) in [5.41, 5.74) is 2.81. The number of carbonyl (C=O) groups excluding carboxylic acids is 1. The van der Waals surface area contributed by atoms with Gasteiger partial charge in [0.15, 0.2) is 0 Å². The fourth-order valence-corrected chi connectivity index (χ4v) is 6.76. The van der Waals surface area contributed by atoms with Gasteiger partial charge in [0.2, 0.25) is 0 Å². The predicted octanol–water partition coefficient (Wildman–Crippen LogP) is 2.51. The molecule has 0 atom stereocenters. The van der Waals surface area contributed by atoms with Gasteiger partial charge in [0.25, 0.3) is 5.91 Å². The number of aryl methyl sites for hydroxylation is 2. The molecule has 3 aromatic heterocycles. The molecule has 4 fully saturated rings. The van der Waals surface area contributed by atoms with E-state index in [1.165, 1.54) is 38.5 Å². The Bertz CT molecular complexity index is 1040. The molecule has 4 saturated carbocycles. The van der Waals surface area contributed by atoms with E-state index in [0.29, 0.717) is 23.9 Å². The van der Waals surface area contributed by atoms with Crippen LogP contribution in [0.2, 0.25) is 0 Å². The average molecular weight is 406 g/mol. The Morgan fingerprint density at radius 3 is 2.63 bits per heavy atom. The van der Waals surface area contributed by atoms with Crippen LogP contribution in [0.15, 0.2) is 30.7 Å². The number of aromatic nitrogens is 6. The molecule has 0 saturated heterocycles. The van der Waals surface area contributed by atoms with Gasteiger partial charge in [-0.2, -0.15) is 5.10 Å². The Balaban J connectivity index is 1.17. The highest BCUT2D eigenvalue weighted by atomic mass is 16.1. The number of fused-ring (bicyclic) bond motifs is 1. The lowest BCUT2D eigenvalue weighted by Gasteiger charge is -2.56. The maximum atomic E-state index is 13.1. The van der Waals surface area contributed by atoms with Crippen molar-refractivity contribution in [1.82, 2.24) is 35.1 Å². The number of nitrogens with one attached hydrogen (secondary N) is 1. The number of rotatable bonds is 6. The predicted molar refractivity (Wildman–Crippen MR) is 110 cm³/mol. The molecule has 3 aromatic rings. The molecule has 156 valence electrons. The number of pyridine rings is 1. The third-order valence-electron chi connectivity index (χ3n) is 7.57. The van der Waals surface area contributed by atoms with E-state index < -0.39 is 0 Å². The molecule has 0 aromatic carbocycles. The first kappa shape index (κ1) is 18.0. The van der Waals surface area contributed by atoms with Crippen LogP contribution >= 0.6 is 0 Å². The van der Waals surface area contributed by atoms with E-state index in [1.54, 1.807) is 15.5 Å². The highest BCUT2D eigenvalue weighted by Crippen LogP contribution is 2.59. The molecule has 8 heteroatoms. The number of nitrogens with zero attached hydrogens (tertiary/aromatic N) is 6. The smallest absolute Gasteiger partial charge is 0.253 e. The summed E-state index contributed by atoms with van der Waals surface area (Å²) >= 11 is 0. The van der Waals surface area contributed by atoms with Crippen LogP contribution in [0.5, 0.6) is 0 Å². The summed E-state index contributed by atoms with van der Waals surface area (Å²) < 4.78 is 3.48. The monoisotopic (exact) mass is 405 g/mol. The van der Waals surface area contributed by atoms with Gasteiger partial charge < -0.3 is 5.32 Å². The van der Waals surface area contributed by atoms with Crippen LogP contribution in [0.1, 0.15) is 54.6 Å². The van der Waals surface area contributed by atoms with Crippen molar-refractivity contribution in [2.45, 2.75) is 51.5 Å². The molecular weight excluding hydrogens is 378 g/mol. The molecule has 3 heterocycles. The lowest BCUT2D eigenvalue weighted by molar-refractivity contribution is -0.0503. The van der Waals surface area contributed by atoms with Gasteiger partial charge in [-0.05, 0) is 90.3 Å². The van der Waals surface area contributed by atoms with Crippen molar-refractivity contribution in [2.75, 3.05) is 6.54 Å². The molecule has 8 nitrogen and oxygen atoms in total. The van der Waals surface area contributed by atoms with E-state index in [9.17, 15) is 4.79 Å². The lowest BCUT2D eigenvalue weighted by Crippen LogP contribution is -2.51. The van der Waals surface area contributed by atoms with Gasteiger partial charge in [-0.15, -0.1) is 5.10 Å². The molecule has 4 aliphatic carbocycles. The van der Waals surface area contributed by atoms with E-state index in [0.717, 1.165) is 35.5 Å². The van der Waals surface area contributed by atoms with Crippen molar-refractivity contribution in [2.24, 2.45) is 23.2 Å². The van der Waals surface area contributed by atoms with Gasteiger partial charge >= 0.3 is 0 Å². The van der Waals surface area contributed by atoms with E-state index in [-0.39, 0.29) is 5.91 Å². The molecule has 30 heavy (non-hydrogen) atoms. The second-order valence-electron chi connectivity index (χ2n) is 9.81. The van der Waals surface area contributed by atoms with Gasteiger partial charge in [-0.25, -0.2) is 9.20 Å².